The van der Waals surface area contributed by atoms with Crippen molar-refractivity contribution in [3.63, 3.8) is 0 Å². The van der Waals surface area contributed by atoms with Crippen LogP contribution in [-0.4, -0.2) is 17.6 Å². The zero-order valence-corrected chi connectivity index (χ0v) is 14.5. The first kappa shape index (κ1) is 17.0. The van der Waals surface area contributed by atoms with Crippen LogP contribution in [-0.2, 0) is 0 Å². The Balaban J connectivity index is 1.96. The molecule has 0 aliphatic heterocycles. The molecule has 0 bridgehead atoms. The second-order valence-corrected chi connectivity index (χ2v) is 5.94. The lowest BCUT2D eigenvalue weighted by Gasteiger charge is -2.14. The van der Waals surface area contributed by atoms with Crippen LogP contribution in [0.3, 0.4) is 0 Å². The summed E-state index contributed by atoms with van der Waals surface area (Å²) in [7, 11) is 1.46. The van der Waals surface area contributed by atoms with Crippen molar-refractivity contribution in [3.8, 4) is 11.4 Å². The summed E-state index contributed by atoms with van der Waals surface area (Å²) in [6.45, 7) is 1.78. The number of amides is 1. The van der Waals surface area contributed by atoms with E-state index in [0.29, 0.717) is 16.5 Å². The van der Waals surface area contributed by atoms with Crippen molar-refractivity contribution < 1.29 is 13.9 Å². The van der Waals surface area contributed by atoms with Gasteiger partial charge in [-0.3, -0.25) is 4.79 Å². The molecular weight excluding hydrogens is 343 g/mol. The van der Waals surface area contributed by atoms with Crippen LogP contribution >= 0.6 is 11.6 Å². The fourth-order valence-electron chi connectivity index (χ4n) is 2.49. The lowest BCUT2D eigenvalue weighted by molar-refractivity contribution is 0.102. The molecule has 1 heterocycles. The van der Waals surface area contributed by atoms with Gasteiger partial charge < -0.3 is 14.6 Å². The predicted octanol–water partition coefficient (Wildman–Crippen LogP) is 4.84. The number of halogens is 2. The average Bonchev–Trinajstić information content (AvgIpc) is 3.11. The van der Waals surface area contributed by atoms with Gasteiger partial charge in [-0.2, -0.15) is 0 Å². The molecule has 25 heavy (non-hydrogen) atoms. The number of methoxy groups -OCH3 is 1. The number of benzene rings is 2. The fraction of sp³-hybridized carbons (Fsp3) is 0.105. The van der Waals surface area contributed by atoms with Gasteiger partial charge in [-0.1, -0.05) is 17.7 Å². The Kier molecular flexibility index (Phi) is 4.76. The highest BCUT2D eigenvalue weighted by Gasteiger charge is 2.18. The number of rotatable bonds is 4. The largest absolute Gasteiger partial charge is 0.496 e. The van der Waals surface area contributed by atoms with E-state index in [1.807, 2.05) is 29.1 Å². The van der Waals surface area contributed by atoms with Crippen molar-refractivity contribution in [3.05, 3.63) is 76.8 Å². The first-order chi connectivity index (χ1) is 12.0. The summed E-state index contributed by atoms with van der Waals surface area (Å²) in [5.41, 5.74) is 1.78. The molecule has 0 aliphatic carbocycles. The van der Waals surface area contributed by atoms with Gasteiger partial charge in [-0.25, -0.2) is 4.39 Å². The molecule has 0 aliphatic rings. The molecule has 6 heteroatoms. The van der Waals surface area contributed by atoms with E-state index in [9.17, 15) is 9.18 Å². The maximum absolute atomic E-state index is 14.0. The smallest absolute Gasteiger partial charge is 0.259 e. The molecule has 0 atom stereocenters. The van der Waals surface area contributed by atoms with E-state index in [2.05, 4.69) is 5.32 Å². The van der Waals surface area contributed by atoms with Gasteiger partial charge in [0.1, 0.15) is 11.6 Å². The van der Waals surface area contributed by atoms with E-state index < -0.39 is 11.7 Å². The van der Waals surface area contributed by atoms with Crippen molar-refractivity contribution in [1.82, 2.24) is 4.57 Å². The van der Waals surface area contributed by atoms with Crippen LogP contribution in [0.2, 0.25) is 5.02 Å². The third kappa shape index (κ3) is 3.51. The Labute approximate surface area is 149 Å². The fourth-order valence-corrected chi connectivity index (χ4v) is 2.75. The highest BCUT2D eigenvalue weighted by atomic mass is 35.5. The summed E-state index contributed by atoms with van der Waals surface area (Å²) < 4.78 is 21.1. The summed E-state index contributed by atoms with van der Waals surface area (Å²) in [5, 5.41) is 2.93. The van der Waals surface area contributed by atoms with E-state index in [1.54, 1.807) is 19.1 Å². The SMILES string of the molecule is COc1cc(-n2cccc2)c(Cl)cc1C(=O)Nc1ccc(C)cc1F. The van der Waals surface area contributed by atoms with E-state index in [4.69, 9.17) is 16.3 Å². The molecule has 1 amide bonds. The minimum absolute atomic E-state index is 0.100. The van der Waals surface area contributed by atoms with Gasteiger partial charge in [-0.05, 0) is 42.8 Å². The number of nitrogens with zero attached hydrogens (tertiary/aromatic N) is 1. The second kappa shape index (κ2) is 6.99. The van der Waals surface area contributed by atoms with Crippen LogP contribution < -0.4 is 10.1 Å². The van der Waals surface area contributed by atoms with Crippen molar-refractivity contribution in [2.75, 3.05) is 12.4 Å². The summed E-state index contributed by atoms with van der Waals surface area (Å²) in [6, 6.07) is 11.5. The molecular formula is C19H16ClFN2O2. The lowest BCUT2D eigenvalue weighted by Crippen LogP contribution is -2.14. The van der Waals surface area contributed by atoms with Gasteiger partial charge in [0.05, 0.1) is 29.1 Å². The van der Waals surface area contributed by atoms with E-state index in [0.717, 1.165) is 5.56 Å². The number of hydrogen-bond acceptors (Lipinski definition) is 2. The Morgan fingerprint density at radius 1 is 1.20 bits per heavy atom. The Morgan fingerprint density at radius 2 is 1.92 bits per heavy atom. The molecule has 128 valence electrons. The molecule has 4 nitrogen and oxygen atoms in total. The standard InChI is InChI=1S/C19H16ClFN2O2/c1-12-5-6-16(15(21)9-12)22-19(24)13-10-14(20)17(11-18(13)25-2)23-7-3-4-8-23/h3-11H,1-2H3,(H,22,24). The normalized spacial score (nSPS) is 10.6. The molecule has 0 saturated carbocycles. The third-order valence-corrected chi connectivity index (χ3v) is 4.07. The molecule has 0 unspecified atom stereocenters. The minimum Gasteiger partial charge on any atom is -0.496 e. The molecule has 0 fully saturated rings. The van der Waals surface area contributed by atoms with E-state index >= 15 is 0 Å². The van der Waals surface area contributed by atoms with Gasteiger partial charge >= 0.3 is 0 Å². The van der Waals surface area contributed by atoms with E-state index in [-0.39, 0.29) is 11.3 Å². The highest BCUT2D eigenvalue weighted by molar-refractivity contribution is 6.33. The minimum atomic E-state index is -0.499. The summed E-state index contributed by atoms with van der Waals surface area (Å²) in [5.74, 6) is -0.652. The molecule has 1 aromatic heterocycles. The van der Waals surface area contributed by atoms with Crippen molar-refractivity contribution in [2.45, 2.75) is 6.92 Å². The number of hydrogen-bond donors (Lipinski definition) is 1. The number of carbonyl (C=O) groups is 1. The number of anilines is 1. The lowest BCUT2D eigenvalue weighted by atomic mass is 10.1. The zero-order chi connectivity index (χ0) is 18.0. The molecule has 3 rings (SSSR count). The Hall–Kier alpha value is -2.79. The number of ether oxygens (including phenoxy) is 1. The van der Waals surface area contributed by atoms with Crippen molar-refractivity contribution in [2.24, 2.45) is 0 Å². The summed E-state index contributed by atoms with van der Waals surface area (Å²) in [6.07, 6.45) is 3.67. The summed E-state index contributed by atoms with van der Waals surface area (Å²) >= 11 is 6.32. The Morgan fingerprint density at radius 3 is 2.56 bits per heavy atom. The molecule has 1 N–H and O–H groups in total. The molecule has 3 aromatic rings. The van der Waals surface area contributed by atoms with Crippen LogP contribution in [0.4, 0.5) is 10.1 Å². The molecule has 0 saturated heterocycles. The quantitative estimate of drug-likeness (QED) is 0.725. The van der Waals surface area contributed by atoms with Gasteiger partial charge in [-0.15, -0.1) is 0 Å². The maximum Gasteiger partial charge on any atom is 0.259 e. The van der Waals surface area contributed by atoms with Crippen LogP contribution in [0.5, 0.6) is 5.75 Å². The molecule has 2 aromatic carbocycles. The van der Waals surface area contributed by atoms with Crippen LogP contribution in [0.15, 0.2) is 54.9 Å². The first-order valence-corrected chi connectivity index (χ1v) is 7.96. The number of nitrogens with one attached hydrogen (secondary N) is 1. The predicted molar refractivity (Wildman–Crippen MR) is 96.4 cm³/mol. The zero-order valence-electron chi connectivity index (χ0n) is 13.7. The van der Waals surface area contributed by atoms with Gasteiger partial charge in [0.2, 0.25) is 0 Å². The first-order valence-electron chi connectivity index (χ1n) is 7.58. The maximum atomic E-state index is 14.0. The number of aromatic nitrogens is 1. The number of aryl methyl sites for hydroxylation is 1. The highest BCUT2D eigenvalue weighted by Crippen LogP contribution is 2.30. The topological polar surface area (TPSA) is 43.3 Å². The molecule has 0 spiro atoms. The monoisotopic (exact) mass is 358 g/mol. The van der Waals surface area contributed by atoms with Gasteiger partial charge in [0, 0.05) is 18.5 Å². The second-order valence-electron chi connectivity index (χ2n) is 5.53. The van der Waals surface area contributed by atoms with Crippen molar-refractivity contribution >= 4 is 23.2 Å². The third-order valence-electron chi connectivity index (χ3n) is 3.77. The van der Waals surface area contributed by atoms with Gasteiger partial charge in [0.15, 0.2) is 0 Å². The number of carbonyl (C=O) groups excluding carboxylic acids is 1. The summed E-state index contributed by atoms with van der Waals surface area (Å²) in [4.78, 5) is 12.6. The average molecular weight is 359 g/mol. The van der Waals surface area contributed by atoms with Gasteiger partial charge in [0.25, 0.3) is 5.91 Å². The van der Waals surface area contributed by atoms with Crippen molar-refractivity contribution in [1.29, 1.82) is 0 Å². The molecule has 0 radical (unpaired) electrons. The Bertz CT molecular complexity index is 923. The van der Waals surface area contributed by atoms with Crippen LogP contribution in [0.25, 0.3) is 5.69 Å². The van der Waals surface area contributed by atoms with Crippen LogP contribution in [0.1, 0.15) is 15.9 Å². The van der Waals surface area contributed by atoms with Crippen LogP contribution in [0, 0.1) is 12.7 Å². The van der Waals surface area contributed by atoms with E-state index in [1.165, 1.54) is 25.3 Å².